The van der Waals surface area contributed by atoms with Crippen molar-refractivity contribution in [2.75, 3.05) is 5.32 Å². The molecular formula is C28H22BF4N3O7. The van der Waals surface area contributed by atoms with Gasteiger partial charge in [-0.1, -0.05) is 29.8 Å². The Labute approximate surface area is 242 Å². The molecule has 0 unspecified atom stereocenters. The van der Waals surface area contributed by atoms with E-state index in [0.29, 0.717) is 11.6 Å². The van der Waals surface area contributed by atoms with Crippen LogP contribution in [0.15, 0.2) is 72.9 Å². The van der Waals surface area contributed by atoms with Gasteiger partial charge in [0.25, 0.3) is 17.7 Å². The number of ether oxygens (including phenoxy) is 3. The molecule has 1 heterocycles. The van der Waals surface area contributed by atoms with E-state index in [2.05, 4.69) is 15.0 Å². The van der Waals surface area contributed by atoms with E-state index in [1.807, 2.05) is 6.92 Å². The van der Waals surface area contributed by atoms with Crippen molar-refractivity contribution >= 4 is 25.3 Å². The van der Waals surface area contributed by atoms with Gasteiger partial charge in [-0.05, 0) is 54.4 Å². The van der Waals surface area contributed by atoms with Gasteiger partial charge in [0, 0.05) is 18.0 Å². The number of nitrogens with two attached hydrogens (primary N) is 1. The second-order valence-electron chi connectivity index (χ2n) is 9.24. The fourth-order valence-electron chi connectivity index (χ4n) is 3.81. The number of aryl methyl sites for hydroxylation is 1. The highest BCUT2D eigenvalue weighted by atomic mass is 19.4. The molecule has 4 aromatic rings. The van der Waals surface area contributed by atoms with Crippen molar-refractivity contribution < 1.29 is 51.6 Å². The van der Waals surface area contributed by atoms with Crippen LogP contribution in [0.25, 0.3) is 11.1 Å². The summed E-state index contributed by atoms with van der Waals surface area (Å²) >= 11 is 0. The van der Waals surface area contributed by atoms with E-state index >= 15 is 4.39 Å². The Kier molecular flexibility index (Phi) is 8.59. The zero-order chi connectivity index (χ0) is 31.5. The van der Waals surface area contributed by atoms with Crippen LogP contribution in [0, 0.1) is 12.7 Å². The molecule has 0 radical (unpaired) electrons. The van der Waals surface area contributed by atoms with E-state index in [9.17, 15) is 33.0 Å². The highest BCUT2D eigenvalue weighted by Crippen LogP contribution is 2.40. The number of amides is 2. The molecule has 0 atom stereocenters. The van der Waals surface area contributed by atoms with Crippen LogP contribution in [0.4, 0.5) is 23.2 Å². The average molecular weight is 599 g/mol. The lowest BCUT2D eigenvalue weighted by Crippen LogP contribution is -2.35. The normalized spacial score (nSPS) is 11.5. The van der Waals surface area contributed by atoms with Crippen molar-refractivity contribution in [3.63, 3.8) is 0 Å². The molecule has 222 valence electrons. The number of anilines is 1. The number of hydrogen-bond acceptors (Lipinski definition) is 8. The summed E-state index contributed by atoms with van der Waals surface area (Å²) in [6.07, 6.45) is -3.89. The molecule has 10 nitrogen and oxygen atoms in total. The number of pyridine rings is 1. The molecule has 2 amide bonds. The molecule has 4 rings (SSSR count). The lowest BCUT2D eigenvalue weighted by atomic mass is 10.0. The molecule has 0 aliphatic heterocycles. The summed E-state index contributed by atoms with van der Waals surface area (Å²) in [5.41, 5.74) is 6.16. The van der Waals surface area contributed by atoms with Crippen molar-refractivity contribution in [1.82, 2.24) is 4.98 Å². The minimum Gasteiger partial charge on any atom is -0.452 e. The quantitative estimate of drug-likeness (QED) is 0.129. The second kappa shape index (κ2) is 12.0. The van der Waals surface area contributed by atoms with E-state index in [0.717, 1.165) is 37.7 Å². The van der Waals surface area contributed by atoms with Gasteiger partial charge in [0.05, 0.1) is 0 Å². The Morgan fingerprint density at radius 3 is 2.23 bits per heavy atom. The van der Waals surface area contributed by atoms with E-state index in [1.165, 1.54) is 18.3 Å². The molecule has 0 saturated heterocycles. The zero-order valence-corrected chi connectivity index (χ0v) is 22.4. The molecule has 0 spiro atoms. The predicted octanol–water partition coefficient (Wildman–Crippen LogP) is 3.85. The van der Waals surface area contributed by atoms with Crippen LogP contribution in [0.1, 0.15) is 26.4 Å². The lowest BCUT2D eigenvalue weighted by Gasteiger charge is -2.22. The van der Waals surface area contributed by atoms with Crippen LogP contribution < -0.4 is 25.3 Å². The number of benzene rings is 3. The summed E-state index contributed by atoms with van der Waals surface area (Å²) < 4.78 is 68.7. The molecule has 43 heavy (non-hydrogen) atoms. The first kappa shape index (κ1) is 30.8. The molecule has 0 aliphatic carbocycles. The third kappa shape index (κ3) is 8.21. The van der Waals surface area contributed by atoms with Crippen LogP contribution >= 0.6 is 0 Å². The maximum atomic E-state index is 15.7. The number of primary amides is 1. The number of aromatic nitrogens is 1. The molecular weight excluding hydrogens is 577 g/mol. The van der Waals surface area contributed by atoms with Crippen molar-refractivity contribution in [3.05, 3.63) is 95.6 Å². The Bertz CT molecular complexity index is 1680. The van der Waals surface area contributed by atoms with E-state index in [-0.39, 0.29) is 16.9 Å². The number of halogens is 4. The number of carbonyl (C=O) groups is 2. The van der Waals surface area contributed by atoms with Gasteiger partial charge in [0.1, 0.15) is 28.6 Å². The Morgan fingerprint density at radius 2 is 1.60 bits per heavy atom. The largest absolute Gasteiger partial charge is 0.573 e. The van der Waals surface area contributed by atoms with Crippen LogP contribution in [0.5, 0.6) is 23.0 Å². The van der Waals surface area contributed by atoms with Crippen LogP contribution in [0.3, 0.4) is 0 Å². The van der Waals surface area contributed by atoms with E-state index in [4.69, 9.17) is 15.2 Å². The Balaban J connectivity index is 1.82. The van der Waals surface area contributed by atoms with Gasteiger partial charge in [-0.2, -0.15) is 0 Å². The maximum absolute atomic E-state index is 15.7. The number of carbonyl (C=O) groups excluding carboxylic acids is 2. The van der Waals surface area contributed by atoms with Gasteiger partial charge in [-0.15, -0.1) is 13.2 Å². The SMILES string of the molecule is BC(O)(O)Oc1cc(OC(F)(F)F)ccc1Oc1cc(-c2ccc(C)cc2)cc(F)c1C(=O)Nc1ccnc(C(N)=O)c1. The number of hydrogen-bond donors (Lipinski definition) is 4. The summed E-state index contributed by atoms with van der Waals surface area (Å²) in [6, 6.07) is 14.2. The number of nitrogens with one attached hydrogen (secondary N) is 1. The molecule has 0 bridgehead atoms. The van der Waals surface area contributed by atoms with Crippen molar-refractivity contribution in [1.29, 1.82) is 0 Å². The predicted molar refractivity (Wildman–Crippen MR) is 147 cm³/mol. The molecule has 15 heteroatoms. The van der Waals surface area contributed by atoms with Gasteiger partial charge in [-0.3, -0.25) is 14.6 Å². The van der Waals surface area contributed by atoms with Crippen molar-refractivity contribution in [3.8, 4) is 34.1 Å². The number of alkyl halides is 3. The van der Waals surface area contributed by atoms with Gasteiger partial charge >= 0.3 is 6.36 Å². The minimum atomic E-state index is -5.08. The fraction of sp³-hybridized carbons (Fsp3) is 0.107. The summed E-state index contributed by atoms with van der Waals surface area (Å²) in [4.78, 5) is 28.6. The van der Waals surface area contributed by atoms with E-state index < -0.39 is 58.4 Å². The van der Waals surface area contributed by atoms with E-state index in [1.54, 1.807) is 24.3 Å². The zero-order valence-electron chi connectivity index (χ0n) is 22.4. The van der Waals surface area contributed by atoms with Gasteiger partial charge in [-0.25, -0.2) is 4.39 Å². The summed E-state index contributed by atoms with van der Waals surface area (Å²) in [5.74, 6) is -8.16. The molecule has 0 aliphatic rings. The standard InChI is InChI=1S/C28H22BF4N3O7/c1-14-2-4-15(5-3-14)16-10-19(30)24(26(38)36-17-8-9-35-20(12-17)25(34)37)23(11-16)41-21-7-6-18(42-28(31,32)33)13-22(21)43-27(29,39)40/h2-13,39-40H,29H2,1H3,(H2,34,37)(H,35,36,38). The molecule has 0 saturated carbocycles. The van der Waals surface area contributed by atoms with Gasteiger partial charge < -0.3 is 35.5 Å². The smallest absolute Gasteiger partial charge is 0.452 e. The Hall–Kier alpha value is -5.15. The fourth-order valence-corrected chi connectivity index (χ4v) is 3.81. The number of aliphatic hydroxyl groups is 2. The highest BCUT2D eigenvalue weighted by molar-refractivity contribution is 6.12. The summed E-state index contributed by atoms with van der Waals surface area (Å²) in [5, 5.41) is 21.9. The Morgan fingerprint density at radius 1 is 0.907 bits per heavy atom. The topological polar surface area (TPSA) is 153 Å². The maximum Gasteiger partial charge on any atom is 0.573 e. The molecule has 1 aromatic heterocycles. The lowest BCUT2D eigenvalue weighted by molar-refractivity contribution is -0.274. The number of nitrogens with zero attached hydrogens (tertiary/aromatic N) is 1. The third-order valence-electron chi connectivity index (χ3n) is 5.61. The first-order valence-corrected chi connectivity index (χ1v) is 12.3. The molecule has 0 fully saturated rings. The van der Waals surface area contributed by atoms with Crippen LogP contribution in [0.2, 0.25) is 0 Å². The first-order valence-electron chi connectivity index (χ1n) is 12.3. The average Bonchev–Trinajstić information content (AvgIpc) is 2.88. The van der Waals surface area contributed by atoms with Crippen molar-refractivity contribution in [2.45, 2.75) is 19.2 Å². The summed E-state index contributed by atoms with van der Waals surface area (Å²) in [6.45, 7) is 1.85. The molecule has 5 N–H and O–H groups in total. The minimum absolute atomic E-state index is 0.0377. The first-order chi connectivity index (χ1) is 20.1. The van der Waals surface area contributed by atoms with Crippen molar-refractivity contribution in [2.24, 2.45) is 5.73 Å². The second-order valence-corrected chi connectivity index (χ2v) is 9.24. The monoisotopic (exact) mass is 599 g/mol. The number of rotatable bonds is 9. The van der Waals surface area contributed by atoms with Crippen LogP contribution in [-0.2, 0) is 0 Å². The third-order valence-corrected chi connectivity index (χ3v) is 5.61. The summed E-state index contributed by atoms with van der Waals surface area (Å²) in [7, 11) is 0.777. The van der Waals surface area contributed by atoms with Gasteiger partial charge in [0.2, 0.25) is 7.85 Å². The highest BCUT2D eigenvalue weighted by Gasteiger charge is 2.32. The van der Waals surface area contributed by atoms with Gasteiger partial charge in [0.15, 0.2) is 11.5 Å². The molecule has 3 aromatic carbocycles. The van der Waals surface area contributed by atoms with Crippen LogP contribution in [-0.4, -0.2) is 47.1 Å².